The van der Waals surface area contributed by atoms with Crippen molar-refractivity contribution >= 4 is 24.4 Å². The van der Waals surface area contributed by atoms with Crippen LogP contribution in [-0.2, 0) is 24.3 Å². The standard InChI is InChI=1S/C21H21BN2O5/c1-12(25)18-4-2-3-14-8-17(22(27)29-21(14)18)9-19(26)20(24-28)13-5-6-15-10-23-11-16(15)7-13/h2-7,17,23,27-28H,8-11H2,1H3/b24-20-/t17-/m1/s1. The maximum atomic E-state index is 12.8. The molecule has 7 nitrogen and oxygen atoms in total. The molecule has 2 aliphatic rings. The smallest absolute Gasteiger partial charge is 0.526 e. The van der Waals surface area contributed by atoms with E-state index in [2.05, 4.69) is 10.5 Å². The van der Waals surface area contributed by atoms with E-state index in [1.54, 1.807) is 18.2 Å². The minimum Gasteiger partial charge on any atom is -0.535 e. The monoisotopic (exact) mass is 392 g/mol. The molecule has 0 unspecified atom stereocenters. The largest absolute Gasteiger partial charge is 0.535 e. The number of ketones is 2. The molecular formula is C21H21BN2O5. The highest BCUT2D eigenvalue weighted by Crippen LogP contribution is 2.36. The zero-order chi connectivity index (χ0) is 20.5. The van der Waals surface area contributed by atoms with E-state index in [1.807, 2.05) is 18.2 Å². The number of fused-ring (bicyclic) bond motifs is 2. The summed E-state index contributed by atoms with van der Waals surface area (Å²) in [5, 5.41) is 26.4. The van der Waals surface area contributed by atoms with E-state index >= 15 is 0 Å². The number of carbonyl (C=O) groups is 2. The quantitative estimate of drug-likeness (QED) is 0.237. The number of oxime groups is 1. The minimum atomic E-state index is -1.23. The normalized spacial score (nSPS) is 18.1. The predicted molar refractivity (Wildman–Crippen MR) is 107 cm³/mol. The van der Waals surface area contributed by atoms with Gasteiger partial charge in [0, 0.05) is 30.9 Å². The fraction of sp³-hybridized carbons (Fsp3) is 0.286. The third-order valence-electron chi connectivity index (χ3n) is 5.52. The molecule has 2 aromatic carbocycles. The lowest BCUT2D eigenvalue weighted by molar-refractivity contribution is -0.113. The Morgan fingerprint density at radius 1 is 1.21 bits per heavy atom. The fourth-order valence-corrected chi connectivity index (χ4v) is 3.99. The van der Waals surface area contributed by atoms with E-state index in [4.69, 9.17) is 4.65 Å². The second-order valence-electron chi connectivity index (χ2n) is 7.49. The van der Waals surface area contributed by atoms with Gasteiger partial charge in [0.05, 0.1) is 5.56 Å². The molecule has 2 aliphatic heterocycles. The lowest BCUT2D eigenvalue weighted by atomic mass is 9.64. The van der Waals surface area contributed by atoms with Gasteiger partial charge in [0.1, 0.15) is 5.75 Å². The summed E-state index contributed by atoms with van der Waals surface area (Å²) in [6.07, 6.45) is 0.343. The molecule has 29 heavy (non-hydrogen) atoms. The maximum Gasteiger partial charge on any atom is 0.526 e. The first kappa shape index (κ1) is 19.4. The fourth-order valence-electron chi connectivity index (χ4n) is 3.99. The van der Waals surface area contributed by atoms with Crippen LogP contribution in [0.2, 0.25) is 5.82 Å². The number of Topliss-reactive ketones (excluding diaryl/α,β-unsaturated/α-hetero) is 2. The summed E-state index contributed by atoms with van der Waals surface area (Å²) >= 11 is 0. The van der Waals surface area contributed by atoms with Crippen molar-refractivity contribution in [2.45, 2.75) is 38.7 Å². The molecule has 0 saturated heterocycles. The van der Waals surface area contributed by atoms with Crippen molar-refractivity contribution in [1.82, 2.24) is 5.32 Å². The summed E-state index contributed by atoms with van der Waals surface area (Å²) in [5.41, 5.74) is 3.93. The maximum absolute atomic E-state index is 12.8. The van der Waals surface area contributed by atoms with Crippen LogP contribution >= 0.6 is 0 Å². The molecule has 0 aromatic heterocycles. The highest BCUT2D eigenvalue weighted by atomic mass is 16.5. The Morgan fingerprint density at radius 3 is 2.76 bits per heavy atom. The van der Waals surface area contributed by atoms with Crippen LogP contribution < -0.4 is 9.97 Å². The third-order valence-corrected chi connectivity index (χ3v) is 5.52. The predicted octanol–water partition coefficient (Wildman–Crippen LogP) is 2.12. The van der Waals surface area contributed by atoms with Gasteiger partial charge in [0.15, 0.2) is 17.3 Å². The number of hydrogen-bond donors (Lipinski definition) is 3. The summed E-state index contributed by atoms with van der Waals surface area (Å²) in [6.45, 7) is 2.93. The van der Waals surface area contributed by atoms with E-state index in [1.165, 1.54) is 6.92 Å². The molecule has 0 saturated carbocycles. The summed E-state index contributed by atoms with van der Waals surface area (Å²) < 4.78 is 5.59. The van der Waals surface area contributed by atoms with E-state index in [-0.39, 0.29) is 23.7 Å². The minimum absolute atomic E-state index is 0.0322. The SMILES string of the molecule is CC(=O)c1cccc2c1OB(O)[C@@H](CC(=O)/C(=N\O)c1ccc3c(c1)CNC3)C2. The first-order valence-corrected chi connectivity index (χ1v) is 9.53. The molecule has 0 radical (unpaired) electrons. The van der Waals surface area contributed by atoms with Crippen LogP contribution in [0, 0.1) is 0 Å². The number of rotatable bonds is 5. The molecule has 2 heterocycles. The number of nitrogens with one attached hydrogen (secondary N) is 1. The summed E-state index contributed by atoms with van der Waals surface area (Å²) in [6, 6.07) is 10.8. The zero-order valence-corrected chi connectivity index (χ0v) is 16.0. The number of hydrogen-bond acceptors (Lipinski definition) is 7. The van der Waals surface area contributed by atoms with E-state index < -0.39 is 12.9 Å². The van der Waals surface area contributed by atoms with Gasteiger partial charge in [0.2, 0.25) is 0 Å². The number of para-hydroxylation sites is 1. The van der Waals surface area contributed by atoms with Crippen LogP contribution in [0.3, 0.4) is 0 Å². The second-order valence-corrected chi connectivity index (χ2v) is 7.49. The average Bonchev–Trinajstić information content (AvgIpc) is 3.16. The van der Waals surface area contributed by atoms with Crippen molar-refractivity contribution in [1.29, 1.82) is 0 Å². The van der Waals surface area contributed by atoms with Gasteiger partial charge >= 0.3 is 7.12 Å². The Balaban J connectivity index is 1.53. The van der Waals surface area contributed by atoms with Crippen LogP contribution in [0.5, 0.6) is 5.75 Å². The van der Waals surface area contributed by atoms with Crippen molar-refractivity contribution in [3.05, 3.63) is 64.2 Å². The van der Waals surface area contributed by atoms with E-state index in [0.29, 0.717) is 29.8 Å². The molecule has 8 heteroatoms. The van der Waals surface area contributed by atoms with Gasteiger partial charge < -0.3 is 20.2 Å². The summed E-state index contributed by atoms with van der Waals surface area (Å²) in [5.74, 6) is -0.662. The van der Waals surface area contributed by atoms with Gasteiger partial charge in [-0.15, -0.1) is 0 Å². The molecule has 1 atom stereocenters. The molecule has 4 rings (SSSR count). The van der Waals surface area contributed by atoms with Gasteiger partial charge in [-0.3, -0.25) is 9.59 Å². The second kappa shape index (κ2) is 7.81. The Morgan fingerprint density at radius 2 is 2.00 bits per heavy atom. The Hall–Kier alpha value is -2.97. The zero-order valence-electron chi connectivity index (χ0n) is 16.0. The molecule has 148 valence electrons. The van der Waals surface area contributed by atoms with Crippen LogP contribution in [0.25, 0.3) is 0 Å². The van der Waals surface area contributed by atoms with Gasteiger partial charge in [-0.2, -0.15) is 0 Å². The van der Waals surface area contributed by atoms with Crippen molar-refractivity contribution in [2.24, 2.45) is 5.16 Å². The number of carbonyl (C=O) groups excluding carboxylic acids is 2. The molecule has 0 aliphatic carbocycles. The Bertz CT molecular complexity index is 1020. The van der Waals surface area contributed by atoms with Crippen molar-refractivity contribution in [3.63, 3.8) is 0 Å². The van der Waals surface area contributed by atoms with Crippen molar-refractivity contribution < 1.29 is 24.5 Å². The summed E-state index contributed by atoms with van der Waals surface area (Å²) in [7, 11) is -1.23. The highest BCUT2D eigenvalue weighted by molar-refractivity contribution is 6.51. The molecule has 0 spiro atoms. The first-order valence-electron chi connectivity index (χ1n) is 9.53. The Labute approximate surface area is 168 Å². The van der Waals surface area contributed by atoms with E-state index in [0.717, 1.165) is 23.2 Å². The van der Waals surface area contributed by atoms with Crippen LogP contribution in [0.15, 0.2) is 41.6 Å². The van der Waals surface area contributed by atoms with E-state index in [9.17, 15) is 19.8 Å². The van der Waals surface area contributed by atoms with Crippen LogP contribution in [-0.4, -0.2) is 34.6 Å². The molecular weight excluding hydrogens is 371 g/mol. The van der Waals surface area contributed by atoms with Gasteiger partial charge in [-0.25, -0.2) is 0 Å². The molecule has 0 bridgehead atoms. The number of nitrogens with zero attached hydrogens (tertiary/aromatic N) is 1. The van der Waals surface area contributed by atoms with Crippen LogP contribution in [0.1, 0.15) is 46.0 Å². The van der Waals surface area contributed by atoms with Gasteiger partial charge in [-0.1, -0.05) is 29.4 Å². The highest BCUT2D eigenvalue weighted by Gasteiger charge is 2.38. The topological polar surface area (TPSA) is 108 Å². The lowest BCUT2D eigenvalue weighted by Gasteiger charge is -2.28. The van der Waals surface area contributed by atoms with Crippen LogP contribution in [0.4, 0.5) is 0 Å². The summed E-state index contributed by atoms with van der Waals surface area (Å²) in [4.78, 5) is 24.6. The van der Waals surface area contributed by atoms with Crippen molar-refractivity contribution in [2.75, 3.05) is 0 Å². The van der Waals surface area contributed by atoms with Gasteiger partial charge in [-0.05, 0) is 42.2 Å². The average molecular weight is 392 g/mol. The number of benzene rings is 2. The van der Waals surface area contributed by atoms with Crippen molar-refractivity contribution in [3.8, 4) is 5.75 Å². The molecule has 0 amide bonds. The lowest BCUT2D eigenvalue weighted by Crippen LogP contribution is -2.36. The molecule has 2 aromatic rings. The molecule has 3 N–H and O–H groups in total. The Kier molecular flexibility index (Phi) is 5.21. The molecule has 0 fully saturated rings. The third kappa shape index (κ3) is 3.69. The van der Waals surface area contributed by atoms with Gasteiger partial charge in [0.25, 0.3) is 0 Å². The first-order chi connectivity index (χ1) is 14.0.